The molecule has 0 aromatic carbocycles. The zero-order valence-corrected chi connectivity index (χ0v) is 15.9. The van der Waals surface area contributed by atoms with Crippen molar-refractivity contribution in [3.05, 3.63) is 11.8 Å². The fourth-order valence-corrected chi connectivity index (χ4v) is 3.82. The molecule has 140 valence electrons. The van der Waals surface area contributed by atoms with Crippen LogP contribution in [0.15, 0.2) is 6.20 Å². The fourth-order valence-electron chi connectivity index (χ4n) is 3.82. The van der Waals surface area contributed by atoms with Gasteiger partial charge in [-0.05, 0) is 46.5 Å². The minimum Gasteiger partial charge on any atom is -0.378 e. The van der Waals surface area contributed by atoms with Crippen LogP contribution in [0.1, 0.15) is 45.1 Å². The van der Waals surface area contributed by atoms with E-state index in [-0.39, 0.29) is 0 Å². The Bertz CT molecular complexity index is 538. The largest absolute Gasteiger partial charge is 0.378 e. The Hall–Kier alpha value is -1.40. The lowest BCUT2D eigenvalue weighted by Gasteiger charge is -2.35. The van der Waals surface area contributed by atoms with Crippen LogP contribution < -0.4 is 9.80 Å². The maximum atomic E-state index is 5.77. The van der Waals surface area contributed by atoms with Crippen molar-refractivity contribution < 1.29 is 9.47 Å². The lowest BCUT2D eigenvalue weighted by atomic mass is 10.1. The second kappa shape index (κ2) is 8.81. The molecule has 0 atom stereocenters. The minimum atomic E-state index is 0.392. The van der Waals surface area contributed by atoms with Crippen molar-refractivity contribution in [2.45, 2.75) is 58.7 Å². The SMILES string of the molecule is CCOC1CCN(c2ncc(C)c(N3CCC(OCC)CC3)n2)CC1. The summed E-state index contributed by atoms with van der Waals surface area (Å²) in [6.07, 6.45) is 7.03. The monoisotopic (exact) mass is 348 g/mol. The summed E-state index contributed by atoms with van der Waals surface area (Å²) in [5, 5.41) is 0. The van der Waals surface area contributed by atoms with Gasteiger partial charge in [0, 0.05) is 51.2 Å². The Balaban J connectivity index is 1.63. The van der Waals surface area contributed by atoms with Crippen LogP contribution in [0.5, 0.6) is 0 Å². The molecular formula is C19H32N4O2. The van der Waals surface area contributed by atoms with Crippen LogP contribution in [-0.2, 0) is 9.47 Å². The van der Waals surface area contributed by atoms with Gasteiger partial charge in [0.25, 0.3) is 0 Å². The number of piperidine rings is 2. The van der Waals surface area contributed by atoms with Crippen molar-refractivity contribution in [2.75, 3.05) is 49.2 Å². The lowest BCUT2D eigenvalue weighted by molar-refractivity contribution is 0.0456. The Morgan fingerprint density at radius 1 is 0.920 bits per heavy atom. The Morgan fingerprint density at radius 3 is 1.96 bits per heavy atom. The predicted molar refractivity (Wildman–Crippen MR) is 100 cm³/mol. The van der Waals surface area contributed by atoms with Crippen LogP contribution in [0.25, 0.3) is 0 Å². The van der Waals surface area contributed by atoms with E-state index in [0.29, 0.717) is 12.2 Å². The van der Waals surface area contributed by atoms with Crippen LogP contribution in [-0.4, -0.2) is 61.6 Å². The topological polar surface area (TPSA) is 50.7 Å². The molecule has 0 spiro atoms. The summed E-state index contributed by atoms with van der Waals surface area (Å²) in [4.78, 5) is 14.2. The maximum absolute atomic E-state index is 5.77. The van der Waals surface area contributed by atoms with E-state index in [0.717, 1.165) is 82.4 Å². The van der Waals surface area contributed by atoms with Crippen molar-refractivity contribution in [3.8, 4) is 0 Å². The van der Waals surface area contributed by atoms with Gasteiger partial charge in [-0.25, -0.2) is 4.98 Å². The average Bonchev–Trinajstić information content (AvgIpc) is 2.64. The number of anilines is 2. The van der Waals surface area contributed by atoms with Crippen LogP contribution >= 0.6 is 0 Å². The third-order valence-electron chi connectivity index (χ3n) is 5.20. The maximum Gasteiger partial charge on any atom is 0.227 e. The molecule has 3 rings (SSSR count). The van der Waals surface area contributed by atoms with Gasteiger partial charge < -0.3 is 19.3 Å². The summed E-state index contributed by atoms with van der Waals surface area (Å²) in [5.41, 5.74) is 1.16. The van der Waals surface area contributed by atoms with E-state index < -0.39 is 0 Å². The standard InChI is InChI=1S/C19H32N4O2/c1-4-24-16-6-10-22(11-7-16)18-15(3)14-20-19(21-18)23-12-8-17(9-13-23)25-5-2/h14,16-17H,4-13H2,1-3H3. The molecule has 2 saturated heterocycles. The van der Waals surface area contributed by atoms with E-state index in [4.69, 9.17) is 14.5 Å². The quantitative estimate of drug-likeness (QED) is 0.788. The normalized spacial score (nSPS) is 20.3. The molecule has 0 saturated carbocycles. The second-order valence-corrected chi connectivity index (χ2v) is 6.96. The first-order chi connectivity index (χ1) is 12.2. The molecule has 0 radical (unpaired) electrons. The second-order valence-electron chi connectivity index (χ2n) is 6.96. The lowest BCUT2D eigenvalue weighted by Crippen LogP contribution is -2.40. The Kier molecular flexibility index (Phi) is 6.48. The van der Waals surface area contributed by atoms with Gasteiger partial charge in [-0.1, -0.05) is 0 Å². The van der Waals surface area contributed by atoms with Gasteiger partial charge >= 0.3 is 0 Å². The molecule has 0 bridgehead atoms. The molecule has 0 aliphatic carbocycles. The van der Waals surface area contributed by atoms with Gasteiger partial charge in [-0.15, -0.1) is 0 Å². The molecule has 0 unspecified atom stereocenters. The van der Waals surface area contributed by atoms with Crippen LogP contribution in [0.2, 0.25) is 0 Å². The summed E-state index contributed by atoms with van der Waals surface area (Å²) in [7, 11) is 0. The molecule has 1 aromatic rings. The first kappa shape index (κ1) is 18.4. The number of nitrogens with zero attached hydrogens (tertiary/aromatic N) is 4. The van der Waals surface area contributed by atoms with E-state index in [1.165, 1.54) is 0 Å². The molecule has 2 aliphatic heterocycles. The Labute approximate surface area is 151 Å². The predicted octanol–water partition coefficient (Wildman–Crippen LogP) is 2.80. The van der Waals surface area contributed by atoms with Gasteiger partial charge in [0.05, 0.1) is 12.2 Å². The van der Waals surface area contributed by atoms with Crippen molar-refractivity contribution in [3.63, 3.8) is 0 Å². The van der Waals surface area contributed by atoms with Crippen LogP contribution in [0, 0.1) is 6.92 Å². The number of hydrogen-bond acceptors (Lipinski definition) is 6. The molecule has 0 N–H and O–H groups in total. The highest BCUT2D eigenvalue weighted by molar-refractivity contribution is 5.50. The summed E-state index contributed by atoms with van der Waals surface area (Å²) in [6, 6.07) is 0. The Morgan fingerprint density at radius 2 is 1.44 bits per heavy atom. The molecule has 6 nitrogen and oxygen atoms in total. The summed E-state index contributed by atoms with van der Waals surface area (Å²) in [5.74, 6) is 1.95. The summed E-state index contributed by atoms with van der Waals surface area (Å²) in [6.45, 7) is 11.8. The molecular weight excluding hydrogens is 316 g/mol. The number of hydrogen-bond donors (Lipinski definition) is 0. The van der Waals surface area contributed by atoms with Gasteiger partial charge in [-0.2, -0.15) is 4.98 Å². The van der Waals surface area contributed by atoms with Crippen LogP contribution in [0.3, 0.4) is 0 Å². The van der Waals surface area contributed by atoms with Crippen molar-refractivity contribution >= 4 is 11.8 Å². The van der Waals surface area contributed by atoms with E-state index in [1.54, 1.807) is 0 Å². The summed E-state index contributed by atoms with van der Waals surface area (Å²) < 4.78 is 11.5. The van der Waals surface area contributed by atoms with E-state index >= 15 is 0 Å². The molecule has 2 fully saturated rings. The third-order valence-corrected chi connectivity index (χ3v) is 5.20. The fraction of sp³-hybridized carbons (Fsp3) is 0.789. The smallest absolute Gasteiger partial charge is 0.227 e. The van der Waals surface area contributed by atoms with Crippen molar-refractivity contribution in [1.82, 2.24) is 9.97 Å². The minimum absolute atomic E-state index is 0.392. The molecule has 3 heterocycles. The average molecular weight is 348 g/mol. The van der Waals surface area contributed by atoms with Gasteiger partial charge in [-0.3, -0.25) is 0 Å². The highest BCUT2D eigenvalue weighted by Crippen LogP contribution is 2.26. The van der Waals surface area contributed by atoms with Gasteiger partial charge in [0.2, 0.25) is 5.95 Å². The molecule has 25 heavy (non-hydrogen) atoms. The first-order valence-electron chi connectivity index (χ1n) is 9.78. The number of aryl methyl sites for hydroxylation is 1. The van der Waals surface area contributed by atoms with E-state index in [2.05, 4.69) is 35.6 Å². The number of aromatic nitrogens is 2. The van der Waals surface area contributed by atoms with Gasteiger partial charge in [0.1, 0.15) is 5.82 Å². The molecule has 1 aromatic heterocycles. The zero-order valence-electron chi connectivity index (χ0n) is 15.9. The van der Waals surface area contributed by atoms with Crippen LogP contribution in [0.4, 0.5) is 11.8 Å². The third kappa shape index (κ3) is 4.61. The van der Waals surface area contributed by atoms with Crippen molar-refractivity contribution in [1.29, 1.82) is 0 Å². The number of ether oxygens (including phenoxy) is 2. The van der Waals surface area contributed by atoms with Gasteiger partial charge in [0.15, 0.2) is 0 Å². The molecule has 6 heteroatoms. The molecule has 0 amide bonds. The highest BCUT2D eigenvalue weighted by atomic mass is 16.5. The van der Waals surface area contributed by atoms with Crippen molar-refractivity contribution in [2.24, 2.45) is 0 Å². The number of rotatable bonds is 6. The first-order valence-corrected chi connectivity index (χ1v) is 9.78. The molecule has 2 aliphatic rings. The van der Waals surface area contributed by atoms with E-state index in [1.807, 2.05) is 6.20 Å². The van der Waals surface area contributed by atoms with E-state index in [9.17, 15) is 0 Å². The zero-order chi connectivity index (χ0) is 17.6. The summed E-state index contributed by atoms with van der Waals surface area (Å²) >= 11 is 0. The highest BCUT2D eigenvalue weighted by Gasteiger charge is 2.24.